The molecule has 1 fully saturated rings. The second-order valence-corrected chi connectivity index (χ2v) is 3.23. The summed E-state index contributed by atoms with van der Waals surface area (Å²) in [5, 5.41) is 8.85. The molecule has 1 heterocycles. The number of nitrogens with zero attached hydrogens (tertiary/aromatic N) is 1. The maximum atomic E-state index is 11.2. The largest absolute Gasteiger partial charge is 0.465 e. The van der Waals surface area contributed by atoms with Crippen LogP contribution in [0, 0.1) is 17.2 Å². The highest BCUT2D eigenvalue weighted by Crippen LogP contribution is 2.24. The molecule has 0 aromatic carbocycles. The summed E-state index contributed by atoms with van der Waals surface area (Å²) in [6.45, 7) is 3.08. The number of esters is 1. The Labute approximate surface area is 83.1 Å². The Morgan fingerprint density at radius 1 is 1.71 bits per heavy atom. The van der Waals surface area contributed by atoms with Crippen molar-refractivity contribution in [3.63, 3.8) is 0 Å². The molecular formula is C10H13NO3. The first-order chi connectivity index (χ1) is 6.70. The number of hydrogen-bond donors (Lipinski definition) is 0. The summed E-state index contributed by atoms with van der Waals surface area (Å²) in [6, 6.07) is 1.90. The molecule has 4 heteroatoms. The van der Waals surface area contributed by atoms with E-state index in [4.69, 9.17) is 10.00 Å². The fourth-order valence-corrected chi connectivity index (χ4v) is 1.51. The normalized spacial score (nSPS) is 25.1. The summed E-state index contributed by atoms with van der Waals surface area (Å²) in [5.74, 6) is -0.422. The molecule has 0 aromatic rings. The fourth-order valence-electron chi connectivity index (χ4n) is 1.51. The highest BCUT2D eigenvalue weighted by molar-refractivity contribution is 5.93. The monoisotopic (exact) mass is 195 g/mol. The molecule has 4 nitrogen and oxygen atoms in total. The first kappa shape index (κ1) is 10.7. The van der Waals surface area contributed by atoms with E-state index in [9.17, 15) is 4.79 Å². The minimum Gasteiger partial charge on any atom is -0.465 e. The van der Waals surface area contributed by atoms with Crippen LogP contribution in [0.2, 0.25) is 0 Å². The van der Waals surface area contributed by atoms with Crippen molar-refractivity contribution < 1.29 is 14.3 Å². The number of carbonyl (C=O) groups excluding carboxylic acids is 1. The van der Waals surface area contributed by atoms with Gasteiger partial charge in [0.05, 0.1) is 20.3 Å². The maximum absolute atomic E-state index is 11.2. The van der Waals surface area contributed by atoms with Crippen LogP contribution in [-0.4, -0.2) is 26.3 Å². The van der Waals surface area contributed by atoms with Crippen molar-refractivity contribution in [3.8, 4) is 6.07 Å². The van der Waals surface area contributed by atoms with E-state index in [1.165, 1.54) is 7.11 Å². The summed E-state index contributed by atoms with van der Waals surface area (Å²) < 4.78 is 9.77. The molecule has 0 aromatic heterocycles. The second kappa shape index (κ2) is 4.77. The summed E-state index contributed by atoms with van der Waals surface area (Å²) in [5.41, 5.74) is 0.994. The molecule has 0 amide bonds. The number of nitriles is 1. The van der Waals surface area contributed by atoms with Crippen molar-refractivity contribution in [1.29, 1.82) is 5.26 Å². The summed E-state index contributed by atoms with van der Waals surface area (Å²) in [4.78, 5) is 11.2. The Hall–Kier alpha value is -1.34. The van der Waals surface area contributed by atoms with Crippen molar-refractivity contribution in [2.24, 2.45) is 5.92 Å². The molecule has 0 saturated carbocycles. The molecule has 0 radical (unpaired) electrons. The molecular weight excluding hydrogens is 182 g/mol. The van der Waals surface area contributed by atoms with Crippen LogP contribution in [0.4, 0.5) is 0 Å². The summed E-state index contributed by atoms with van der Waals surface area (Å²) in [6.07, 6.45) is 0.638. The van der Waals surface area contributed by atoms with Gasteiger partial charge in [0.15, 0.2) is 0 Å². The first-order valence-corrected chi connectivity index (χ1v) is 4.50. The number of carbonyl (C=O) groups is 1. The summed E-state index contributed by atoms with van der Waals surface area (Å²) in [7, 11) is 1.28. The second-order valence-electron chi connectivity index (χ2n) is 3.23. The lowest BCUT2D eigenvalue weighted by atomic mass is 9.92. The lowest BCUT2D eigenvalue weighted by Gasteiger charge is -2.22. The zero-order valence-corrected chi connectivity index (χ0v) is 8.37. The number of methoxy groups -OCH3 is 1. The smallest absolute Gasteiger partial charge is 0.348 e. The van der Waals surface area contributed by atoms with Gasteiger partial charge < -0.3 is 9.47 Å². The first-order valence-electron chi connectivity index (χ1n) is 4.50. The molecule has 0 aliphatic carbocycles. The number of rotatable bonds is 1. The van der Waals surface area contributed by atoms with Gasteiger partial charge in [-0.3, -0.25) is 0 Å². The predicted molar refractivity (Wildman–Crippen MR) is 49.3 cm³/mol. The van der Waals surface area contributed by atoms with Gasteiger partial charge in [0, 0.05) is 5.92 Å². The molecule has 1 rings (SSSR count). The average Bonchev–Trinajstić information content (AvgIpc) is 2.21. The molecule has 76 valence electrons. The van der Waals surface area contributed by atoms with E-state index in [1.54, 1.807) is 0 Å². The molecule has 1 aliphatic rings. The van der Waals surface area contributed by atoms with Gasteiger partial charge in [0.25, 0.3) is 0 Å². The van der Waals surface area contributed by atoms with E-state index < -0.39 is 5.97 Å². The Balaban J connectivity index is 2.97. The van der Waals surface area contributed by atoms with Gasteiger partial charge in [-0.15, -0.1) is 0 Å². The van der Waals surface area contributed by atoms with Gasteiger partial charge in [-0.1, -0.05) is 6.92 Å². The standard InChI is InChI=1S/C10H13NO3/c1-7-6-14-4-3-8(7)9(5-11)10(12)13-2/h7H,3-4,6H2,1-2H3/b9-8-. The van der Waals surface area contributed by atoms with Gasteiger partial charge in [-0.2, -0.15) is 5.26 Å². The zero-order valence-electron chi connectivity index (χ0n) is 8.37. The lowest BCUT2D eigenvalue weighted by molar-refractivity contribution is -0.135. The summed E-state index contributed by atoms with van der Waals surface area (Å²) >= 11 is 0. The maximum Gasteiger partial charge on any atom is 0.348 e. The highest BCUT2D eigenvalue weighted by Gasteiger charge is 2.23. The van der Waals surface area contributed by atoms with Gasteiger partial charge in [0.1, 0.15) is 11.6 Å². The van der Waals surface area contributed by atoms with Crippen LogP contribution >= 0.6 is 0 Å². The van der Waals surface area contributed by atoms with E-state index in [0.717, 1.165) is 5.57 Å². The van der Waals surface area contributed by atoms with Crippen LogP contribution in [0.25, 0.3) is 0 Å². The molecule has 1 unspecified atom stereocenters. The van der Waals surface area contributed by atoms with Gasteiger partial charge in [-0.25, -0.2) is 4.79 Å². The molecule has 1 atom stereocenters. The molecule has 0 bridgehead atoms. The van der Waals surface area contributed by atoms with Crippen molar-refractivity contribution in [1.82, 2.24) is 0 Å². The van der Waals surface area contributed by atoms with E-state index in [0.29, 0.717) is 19.6 Å². The Morgan fingerprint density at radius 2 is 2.43 bits per heavy atom. The van der Waals surface area contributed by atoms with Crippen LogP contribution in [-0.2, 0) is 14.3 Å². The van der Waals surface area contributed by atoms with Crippen molar-refractivity contribution >= 4 is 5.97 Å². The topological polar surface area (TPSA) is 59.3 Å². The number of hydrogen-bond acceptors (Lipinski definition) is 4. The number of ether oxygens (including phenoxy) is 2. The van der Waals surface area contributed by atoms with E-state index >= 15 is 0 Å². The van der Waals surface area contributed by atoms with Crippen LogP contribution in [0.15, 0.2) is 11.1 Å². The molecule has 1 saturated heterocycles. The van der Waals surface area contributed by atoms with E-state index in [-0.39, 0.29) is 11.5 Å². The van der Waals surface area contributed by atoms with Crippen molar-refractivity contribution in [2.45, 2.75) is 13.3 Å². The van der Waals surface area contributed by atoms with Gasteiger partial charge >= 0.3 is 5.97 Å². The third kappa shape index (κ3) is 2.12. The molecule has 0 spiro atoms. The van der Waals surface area contributed by atoms with Gasteiger partial charge in [-0.05, 0) is 12.0 Å². The van der Waals surface area contributed by atoms with Crippen LogP contribution in [0.3, 0.4) is 0 Å². The SMILES string of the molecule is COC(=O)/C(C#N)=C1/CCOCC1C. The Morgan fingerprint density at radius 3 is 2.93 bits per heavy atom. The highest BCUT2D eigenvalue weighted by atomic mass is 16.5. The minimum atomic E-state index is -0.545. The molecule has 0 N–H and O–H groups in total. The minimum absolute atomic E-state index is 0.123. The average molecular weight is 195 g/mol. The quantitative estimate of drug-likeness (QED) is 0.356. The van der Waals surface area contributed by atoms with Gasteiger partial charge in [0.2, 0.25) is 0 Å². The third-order valence-corrected chi connectivity index (χ3v) is 2.30. The zero-order chi connectivity index (χ0) is 10.6. The van der Waals surface area contributed by atoms with E-state index in [2.05, 4.69) is 4.74 Å². The Bertz CT molecular complexity index is 301. The fraction of sp³-hybridized carbons (Fsp3) is 0.600. The van der Waals surface area contributed by atoms with Crippen LogP contribution in [0.1, 0.15) is 13.3 Å². The molecule has 1 aliphatic heterocycles. The van der Waals surface area contributed by atoms with Crippen LogP contribution < -0.4 is 0 Å². The lowest BCUT2D eigenvalue weighted by Crippen LogP contribution is -2.21. The Kier molecular flexibility index (Phi) is 3.66. The predicted octanol–water partition coefficient (Wildman–Crippen LogP) is 1.04. The molecule has 14 heavy (non-hydrogen) atoms. The van der Waals surface area contributed by atoms with Crippen LogP contribution in [0.5, 0.6) is 0 Å². The van der Waals surface area contributed by atoms with Crippen molar-refractivity contribution in [2.75, 3.05) is 20.3 Å². The third-order valence-electron chi connectivity index (χ3n) is 2.30. The van der Waals surface area contributed by atoms with Crippen molar-refractivity contribution in [3.05, 3.63) is 11.1 Å². The van der Waals surface area contributed by atoms with E-state index in [1.807, 2.05) is 13.0 Å².